The zero-order valence-corrected chi connectivity index (χ0v) is 21.4. The minimum atomic E-state index is -0.535. The molecule has 2 aromatic carbocycles. The highest BCUT2D eigenvalue weighted by Crippen LogP contribution is 2.42. The molecule has 2 aromatic rings. The number of aliphatic hydroxyl groups excluding tert-OH is 2. The Balaban J connectivity index is 0.00000324. The van der Waals surface area contributed by atoms with Crippen LogP contribution in [0.25, 0.3) is 0 Å². The number of carbonyl (C=O) groups is 2. The smallest absolute Gasteiger partial charge is 0.200 e. The third-order valence-electron chi connectivity index (χ3n) is 5.54. The first-order chi connectivity index (χ1) is 16.5. The molecule has 0 bridgehead atoms. The molecular formula is C24H34Cl2N4O6. The highest BCUT2D eigenvalue weighted by atomic mass is 35.5. The van der Waals surface area contributed by atoms with E-state index in [1.165, 1.54) is 12.1 Å². The molecule has 0 aliphatic heterocycles. The molecule has 8 N–H and O–H groups in total. The molecule has 0 radical (unpaired) electrons. The number of hydrogen-bond donors (Lipinski definition) is 8. The maximum Gasteiger partial charge on any atom is 0.200 e. The van der Waals surface area contributed by atoms with Gasteiger partial charge in [0.2, 0.25) is 11.6 Å². The van der Waals surface area contributed by atoms with E-state index in [1.807, 2.05) is 0 Å². The number of ketones is 2. The van der Waals surface area contributed by atoms with Crippen LogP contribution < -0.4 is 21.3 Å². The number of halogens is 2. The van der Waals surface area contributed by atoms with E-state index in [2.05, 4.69) is 21.3 Å². The lowest BCUT2D eigenvalue weighted by atomic mass is 9.81. The summed E-state index contributed by atoms with van der Waals surface area (Å²) in [7, 11) is 0. The van der Waals surface area contributed by atoms with Crippen molar-refractivity contribution < 1.29 is 30.0 Å². The van der Waals surface area contributed by atoms with Crippen molar-refractivity contribution in [1.82, 2.24) is 10.6 Å². The molecule has 0 unspecified atom stereocenters. The molecule has 0 fully saturated rings. The van der Waals surface area contributed by atoms with Gasteiger partial charge in [-0.15, -0.1) is 24.8 Å². The van der Waals surface area contributed by atoms with E-state index in [-0.39, 0.29) is 71.8 Å². The normalized spacial score (nSPS) is 11.7. The molecule has 0 amide bonds. The zero-order valence-electron chi connectivity index (χ0n) is 19.8. The van der Waals surface area contributed by atoms with Gasteiger partial charge in [-0.05, 0) is 50.2 Å². The second-order valence-corrected chi connectivity index (χ2v) is 7.93. The van der Waals surface area contributed by atoms with Crippen molar-refractivity contribution in [1.29, 1.82) is 0 Å². The molecule has 0 spiro atoms. The maximum absolute atomic E-state index is 13.5. The Hall–Kier alpha value is -2.60. The average molecular weight is 545 g/mol. The van der Waals surface area contributed by atoms with Crippen LogP contribution in [0.3, 0.4) is 0 Å². The Labute approximate surface area is 222 Å². The van der Waals surface area contributed by atoms with E-state index in [4.69, 9.17) is 10.2 Å². The molecule has 0 heterocycles. The summed E-state index contributed by atoms with van der Waals surface area (Å²) in [4.78, 5) is 26.9. The maximum atomic E-state index is 13.5. The van der Waals surface area contributed by atoms with Crippen LogP contribution in [-0.4, -0.2) is 84.5 Å². The number of hydrogen-bond acceptors (Lipinski definition) is 10. The predicted octanol–water partition coefficient (Wildman–Crippen LogP) is 1.48. The van der Waals surface area contributed by atoms with Crippen LogP contribution >= 0.6 is 24.8 Å². The Morgan fingerprint density at radius 2 is 0.944 bits per heavy atom. The van der Waals surface area contributed by atoms with Gasteiger partial charge < -0.3 is 41.7 Å². The number of aliphatic hydroxyl groups is 2. The lowest BCUT2D eigenvalue weighted by Gasteiger charge is -2.25. The third-order valence-corrected chi connectivity index (χ3v) is 5.54. The number of rotatable bonds is 14. The van der Waals surface area contributed by atoms with Crippen molar-refractivity contribution in [3.63, 3.8) is 0 Å². The molecule has 3 rings (SSSR count). The lowest BCUT2D eigenvalue weighted by Crippen LogP contribution is -2.26. The van der Waals surface area contributed by atoms with E-state index in [0.717, 1.165) is 12.8 Å². The monoisotopic (exact) mass is 544 g/mol. The molecular weight excluding hydrogens is 511 g/mol. The van der Waals surface area contributed by atoms with Gasteiger partial charge in [0.25, 0.3) is 0 Å². The summed E-state index contributed by atoms with van der Waals surface area (Å²) in [6.45, 7) is 3.49. The van der Waals surface area contributed by atoms with Gasteiger partial charge in [0.15, 0.2) is 0 Å². The number of phenols is 2. The Morgan fingerprint density at radius 1 is 0.556 bits per heavy atom. The van der Waals surface area contributed by atoms with Gasteiger partial charge in [-0.25, -0.2) is 0 Å². The first-order valence-electron chi connectivity index (χ1n) is 11.4. The van der Waals surface area contributed by atoms with Crippen molar-refractivity contribution in [3.05, 3.63) is 46.5 Å². The predicted molar refractivity (Wildman–Crippen MR) is 144 cm³/mol. The van der Waals surface area contributed by atoms with E-state index >= 15 is 0 Å². The zero-order chi connectivity index (χ0) is 24.5. The van der Waals surface area contributed by atoms with Crippen molar-refractivity contribution in [2.24, 2.45) is 0 Å². The molecule has 0 saturated carbocycles. The summed E-state index contributed by atoms with van der Waals surface area (Å²) in [5.74, 6) is -1.78. The molecule has 200 valence electrons. The summed E-state index contributed by atoms with van der Waals surface area (Å²) >= 11 is 0. The van der Waals surface area contributed by atoms with Crippen molar-refractivity contribution in [2.75, 3.05) is 63.1 Å². The van der Waals surface area contributed by atoms with Gasteiger partial charge in [-0.2, -0.15) is 0 Å². The second-order valence-electron chi connectivity index (χ2n) is 7.93. The quantitative estimate of drug-likeness (QED) is 0.110. The summed E-state index contributed by atoms with van der Waals surface area (Å²) in [6.07, 6.45) is 1.45. The second kappa shape index (κ2) is 15.5. The van der Waals surface area contributed by atoms with Crippen LogP contribution in [0.4, 0.5) is 11.4 Å². The van der Waals surface area contributed by atoms with Gasteiger partial charge in [-0.3, -0.25) is 9.59 Å². The fraction of sp³-hybridized carbons (Fsp3) is 0.417. The van der Waals surface area contributed by atoms with Crippen LogP contribution in [-0.2, 0) is 0 Å². The molecule has 1 aliphatic rings. The first kappa shape index (κ1) is 31.4. The van der Waals surface area contributed by atoms with Gasteiger partial charge in [0.05, 0.1) is 35.5 Å². The minimum absolute atomic E-state index is 0. The lowest BCUT2D eigenvalue weighted by molar-refractivity contribution is 0.0975. The fourth-order valence-electron chi connectivity index (χ4n) is 3.94. The molecule has 0 saturated heterocycles. The number of nitrogens with one attached hydrogen (secondary N) is 4. The van der Waals surface area contributed by atoms with E-state index < -0.39 is 11.6 Å². The fourth-order valence-corrected chi connectivity index (χ4v) is 3.94. The highest BCUT2D eigenvalue weighted by molar-refractivity contribution is 6.33. The molecule has 1 aliphatic carbocycles. The topological polar surface area (TPSA) is 163 Å². The summed E-state index contributed by atoms with van der Waals surface area (Å²) in [6, 6.07) is 5.85. The average Bonchev–Trinajstić information content (AvgIpc) is 2.83. The number of aromatic hydroxyl groups is 2. The van der Waals surface area contributed by atoms with Crippen molar-refractivity contribution >= 4 is 47.8 Å². The molecule has 12 heteroatoms. The van der Waals surface area contributed by atoms with Crippen LogP contribution in [0.15, 0.2) is 24.3 Å². The van der Waals surface area contributed by atoms with Gasteiger partial charge >= 0.3 is 0 Å². The van der Waals surface area contributed by atoms with Gasteiger partial charge in [-0.1, -0.05) is 0 Å². The van der Waals surface area contributed by atoms with E-state index in [0.29, 0.717) is 50.6 Å². The number of fused-ring (bicyclic) bond motifs is 2. The number of carbonyl (C=O) groups excluding carboxylic acids is 2. The molecule has 0 aromatic heterocycles. The Kier molecular flexibility index (Phi) is 13.5. The summed E-state index contributed by atoms with van der Waals surface area (Å²) in [5, 5.41) is 50.9. The Morgan fingerprint density at radius 3 is 1.31 bits per heavy atom. The summed E-state index contributed by atoms with van der Waals surface area (Å²) < 4.78 is 0. The minimum Gasteiger partial charge on any atom is -0.507 e. The number of phenolic OH excluding ortho intramolecular Hbond substituents is 2. The first-order valence-corrected chi connectivity index (χ1v) is 11.4. The van der Waals surface area contributed by atoms with Crippen LogP contribution in [0.1, 0.15) is 44.7 Å². The highest BCUT2D eigenvalue weighted by Gasteiger charge is 2.37. The van der Waals surface area contributed by atoms with Gasteiger partial charge in [0, 0.05) is 37.6 Å². The van der Waals surface area contributed by atoms with E-state index in [9.17, 15) is 19.8 Å². The SMILES string of the molecule is Cl.Cl.O=C1c2c(O)ccc(O)c2C(=O)c2c(NCCCNCCO)ccc(NCCCNCCO)c21. The number of benzene rings is 2. The number of anilines is 2. The van der Waals surface area contributed by atoms with E-state index in [1.54, 1.807) is 12.1 Å². The van der Waals surface area contributed by atoms with Crippen molar-refractivity contribution in [2.45, 2.75) is 12.8 Å². The molecule has 0 atom stereocenters. The standard InChI is InChI=1S/C24H32N4O6.2ClH/c29-13-11-25-7-1-9-27-15-3-4-16(28-10-2-8-26-12-14-30)20-19(15)23(33)21-17(31)5-6-18(32)22(21)24(20)34;;/h3-6,25-32H,1-2,7-14H2;2*1H. The largest absolute Gasteiger partial charge is 0.507 e. The Bertz CT molecular complexity index is 958. The van der Waals surface area contributed by atoms with Gasteiger partial charge in [0.1, 0.15) is 11.5 Å². The third kappa shape index (κ3) is 7.22. The summed E-state index contributed by atoms with van der Waals surface area (Å²) in [5.41, 5.74) is 0.861. The van der Waals surface area contributed by atoms with Crippen LogP contribution in [0.2, 0.25) is 0 Å². The van der Waals surface area contributed by atoms with Crippen LogP contribution in [0.5, 0.6) is 11.5 Å². The van der Waals surface area contributed by atoms with Crippen molar-refractivity contribution in [3.8, 4) is 11.5 Å². The molecule has 10 nitrogen and oxygen atoms in total. The molecule has 36 heavy (non-hydrogen) atoms. The van der Waals surface area contributed by atoms with Crippen LogP contribution in [0, 0.1) is 0 Å².